The highest BCUT2D eigenvalue weighted by Crippen LogP contribution is 2.40. The normalized spacial score (nSPS) is 18.3. The molecule has 1 amide bonds. The Hall–Kier alpha value is -0.830. The van der Waals surface area contributed by atoms with Gasteiger partial charge in [-0.25, -0.2) is 0 Å². The van der Waals surface area contributed by atoms with Crippen molar-refractivity contribution in [1.29, 1.82) is 0 Å². The molecular formula is C15H20BrNO. The summed E-state index contributed by atoms with van der Waals surface area (Å²) in [4.78, 5) is 12.5. The van der Waals surface area contributed by atoms with Gasteiger partial charge >= 0.3 is 0 Å². The lowest BCUT2D eigenvalue weighted by molar-refractivity contribution is -0.127. The molecule has 1 aliphatic carbocycles. The van der Waals surface area contributed by atoms with Crippen LogP contribution >= 0.6 is 15.9 Å². The van der Waals surface area contributed by atoms with Crippen LogP contribution in [0.3, 0.4) is 0 Å². The van der Waals surface area contributed by atoms with Crippen LogP contribution in [0.4, 0.5) is 5.69 Å². The van der Waals surface area contributed by atoms with Crippen LogP contribution in [0.1, 0.15) is 45.4 Å². The van der Waals surface area contributed by atoms with Gasteiger partial charge in [0.2, 0.25) is 5.91 Å². The van der Waals surface area contributed by atoms with Gasteiger partial charge in [-0.15, -0.1) is 0 Å². The van der Waals surface area contributed by atoms with E-state index in [4.69, 9.17) is 0 Å². The lowest BCUT2D eigenvalue weighted by Crippen LogP contribution is -2.37. The molecule has 0 unspecified atom stereocenters. The minimum Gasteiger partial charge on any atom is -0.326 e. The molecule has 0 aliphatic heterocycles. The Morgan fingerprint density at radius 1 is 1.22 bits per heavy atom. The summed E-state index contributed by atoms with van der Waals surface area (Å²) >= 11 is 3.40. The SMILES string of the molecule is CCC1(C(=O)Nc2ccc(Br)cc2)CCCCC1. The molecule has 0 saturated heterocycles. The zero-order chi connectivity index (χ0) is 13.0. The van der Waals surface area contributed by atoms with Gasteiger partial charge in [0.25, 0.3) is 0 Å². The van der Waals surface area contributed by atoms with Crippen molar-refractivity contribution in [3.63, 3.8) is 0 Å². The first kappa shape index (κ1) is 13.6. The van der Waals surface area contributed by atoms with Crippen molar-refractivity contribution in [3.05, 3.63) is 28.7 Å². The third-order valence-corrected chi connectivity index (χ3v) is 4.60. The summed E-state index contributed by atoms with van der Waals surface area (Å²) in [6.07, 6.45) is 6.64. The molecule has 2 nitrogen and oxygen atoms in total. The van der Waals surface area contributed by atoms with E-state index >= 15 is 0 Å². The number of carbonyl (C=O) groups excluding carboxylic acids is 1. The summed E-state index contributed by atoms with van der Waals surface area (Å²) in [6.45, 7) is 2.13. The third kappa shape index (κ3) is 2.94. The zero-order valence-electron chi connectivity index (χ0n) is 10.8. The van der Waals surface area contributed by atoms with Gasteiger partial charge in [0.1, 0.15) is 0 Å². The molecule has 1 saturated carbocycles. The molecule has 0 bridgehead atoms. The molecule has 1 aromatic carbocycles. The van der Waals surface area contributed by atoms with E-state index in [-0.39, 0.29) is 11.3 Å². The molecule has 0 atom stereocenters. The number of hydrogen-bond acceptors (Lipinski definition) is 1. The maximum atomic E-state index is 12.5. The Labute approximate surface area is 117 Å². The van der Waals surface area contributed by atoms with Crippen LogP contribution in [0.25, 0.3) is 0 Å². The first-order chi connectivity index (χ1) is 8.66. The maximum absolute atomic E-state index is 12.5. The average molecular weight is 310 g/mol. The summed E-state index contributed by atoms with van der Waals surface area (Å²) in [6, 6.07) is 7.78. The lowest BCUT2D eigenvalue weighted by Gasteiger charge is -2.34. The summed E-state index contributed by atoms with van der Waals surface area (Å²) in [7, 11) is 0. The second-order valence-corrected chi connectivity index (χ2v) is 6.07. The minimum atomic E-state index is -0.134. The monoisotopic (exact) mass is 309 g/mol. The standard InChI is InChI=1S/C15H20BrNO/c1-2-15(10-4-3-5-11-15)14(18)17-13-8-6-12(16)7-9-13/h6-9H,2-5,10-11H2,1H3,(H,17,18). The van der Waals surface area contributed by atoms with Gasteiger partial charge < -0.3 is 5.32 Å². The molecule has 1 N–H and O–H groups in total. The topological polar surface area (TPSA) is 29.1 Å². The fourth-order valence-electron chi connectivity index (χ4n) is 2.77. The molecule has 0 heterocycles. The first-order valence-electron chi connectivity index (χ1n) is 6.73. The van der Waals surface area contributed by atoms with Crippen molar-refractivity contribution < 1.29 is 4.79 Å². The van der Waals surface area contributed by atoms with E-state index in [0.717, 1.165) is 29.4 Å². The van der Waals surface area contributed by atoms with Crippen LogP contribution in [-0.4, -0.2) is 5.91 Å². The third-order valence-electron chi connectivity index (χ3n) is 4.07. The highest BCUT2D eigenvalue weighted by Gasteiger charge is 2.37. The Balaban J connectivity index is 2.07. The van der Waals surface area contributed by atoms with E-state index in [9.17, 15) is 4.79 Å². The molecule has 1 aromatic rings. The highest BCUT2D eigenvalue weighted by atomic mass is 79.9. The molecule has 1 fully saturated rings. The van der Waals surface area contributed by atoms with Gasteiger partial charge in [-0.05, 0) is 43.5 Å². The van der Waals surface area contributed by atoms with Crippen LogP contribution in [0.15, 0.2) is 28.7 Å². The van der Waals surface area contributed by atoms with E-state index in [2.05, 4.69) is 28.2 Å². The Morgan fingerprint density at radius 2 is 1.83 bits per heavy atom. The first-order valence-corrected chi connectivity index (χ1v) is 7.53. The summed E-state index contributed by atoms with van der Waals surface area (Å²) < 4.78 is 1.03. The van der Waals surface area contributed by atoms with Crippen molar-refractivity contribution in [2.75, 3.05) is 5.32 Å². The van der Waals surface area contributed by atoms with E-state index in [1.807, 2.05) is 24.3 Å². The molecule has 0 aromatic heterocycles. The summed E-state index contributed by atoms with van der Waals surface area (Å²) in [5.74, 6) is 0.201. The number of amides is 1. The number of halogens is 1. The predicted molar refractivity (Wildman–Crippen MR) is 78.6 cm³/mol. The van der Waals surface area contributed by atoms with Crippen molar-refractivity contribution in [1.82, 2.24) is 0 Å². The zero-order valence-corrected chi connectivity index (χ0v) is 12.4. The number of benzene rings is 1. The Bertz CT molecular complexity index is 407. The smallest absolute Gasteiger partial charge is 0.230 e. The largest absolute Gasteiger partial charge is 0.326 e. The Kier molecular flexibility index (Phi) is 4.44. The van der Waals surface area contributed by atoms with Crippen molar-refractivity contribution in [3.8, 4) is 0 Å². The predicted octanol–water partition coefficient (Wildman–Crippen LogP) is 4.75. The fraction of sp³-hybridized carbons (Fsp3) is 0.533. The van der Waals surface area contributed by atoms with Crippen LogP contribution in [0.5, 0.6) is 0 Å². The van der Waals surface area contributed by atoms with Gasteiger partial charge in [0.15, 0.2) is 0 Å². The van der Waals surface area contributed by atoms with Gasteiger partial charge in [0, 0.05) is 15.6 Å². The number of hydrogen-bond donors (Lipinski definition) is 1. The molecule has 3 heteroatoms. The van der Waals surface area contributed by atoms with Gasteiger partial charge in [0.05, 0.1) is 0 Å². The number of rotatable bonds is 3. The Morgan fingerprint density at radius 3 is 2.39 bits per heavy atom. The number of anilines is 1. The maximum Gasteiger partial charge on any atom is 0.230 e. The van der Waals surface area contributed by atoms with E-state index < -0.39 is 0 Å². The molecule has 18 heavy (non-hydrogen) atoms. The van der Waals surface area contributed by atoms with Crippen LogP contribution in [0, 0.1) is 5.41 Å². The van der Waals surface area contributed by atoms with E-state index in [0.29, 0.717) is 0 Å². The molecule has 0 spiro atoms. The summed E-state index contributed by atoms with van der Waals surface area (Å²) in [5.41, 5.74) is 0.757. The lowest BCUT2D eigenvalue weighted by atomic mass is 9.71. The van der Waals surface area contributed by atoms with Crippen LogP contribution < -0.4 is 5.32 Å². The van der Waals surface area contributed by atoms with Crippen LogP contribution in [-0.2, 0) is 4.79 Å². The van der Waals surface area contributed by atoms with E-state index in [1.165, 1.54) is 19.3 Å². The summed E-state index contributed by atoms with van der Waals surface area (Å²) in [5, 5.41) is 3.07. The van der Waals surface area contributed by atoms with Crippen molar-refractivity contribution in [2.45, 2.75) is 45.4 Å². The van der Waals surface area contributed by atoms with Crippen molar-refractivity contribution >= 4 is 27.5 Å². The number of carbonyl (C=O) groups is 1. The quantitative estimate of drug-likeness (QED) is 0.858. The molecule has 1 aliphatic rings. The van der Waals surface area contributed by atoms with Crippen molar-refractivity contribution in [2.24, 2.45) is 5.41 Å². The number of nitrogens with one attached hydrogen (secondary N) is 1. The second kappa shape index (κ2) is 5.87. The van der Waals surface area contributed by atoms with E-state index in [1.54, 1.807) is 0 Å². The highest BCUT2D eigenvalue weighted by molar-refractivity contribution is 9.10. The van der Waals surface area contributed by atoms with Crippen LogP contribution in [0.2, 0.25) is 0 Å². The second-order valence-electron chi connectivity index (χ2n) is 5.16. The molecule has 0 radical (unpaired) electrons. The minimum absolute atomic E-state index is 0.134. The van der Waals surface area contributed by atoms with Gasteiger partial charge in [-0.2, -0.15) is 0 Å². The van der Waals surface area contributed by atoms with Gasteiger partial charge in [-0.1, -0.05) is 42.1 Å². The average Bonchev–Trinajstić information content (AvgIpc) is 2.42. The van der Waals surface area contributed by atoms with Gasteiger partial charge in [-0.3, -0.25) is 4.79 Å². The fourth-order valence-corrected chi connectivity index (χ4v) is 3.03. The molecular weight excluding hydrogens is 290 g/mol. The molecule has 2 rings (SSSR count). The molecule has 98 valence electrons.